The van der Waals surface area contributed by atoms with Crippen LogP contribution in [0.25, 0.3) is 34.2 Å². The number of ketones is 1. The van der Waals surface area contributed by atoms with Gasteiger partial charge in [-0.25, -0.2) is 26.6 Å². The molecule has 1 saturated carbocycles. The summed E-state index contributed by atoms with van der Waals surface area (Å²) in [5, 5.41) is 45.3. The zero-order valence-corrected chi connectivity index (χ0v) is 49.7. The van der Waals surface area contributed by atoms with Gasteiger partial charge in [-0.1, -0.05) is 95.4 Å². The molecule has 0 unspecified atom stereocenters. The smallest absolute Gasteiger partial charge is 0.870 e. The van der Waals surface area contributed by atoms with Crippen molar-refractivity contribution in [1.82, 2.24) is 74.9 Å². The van der Waals surface area contributed by atoms with E-state index in [0.29, 0.717) is 39.7 Å². The molecule has 23 nitrogen and oxygen atoms in total. The largest absolute Gasteiger partial charge is 1.00 e. The molecule has 6 aromatic heterocycles. The van der Waals surface area contributed by atoms with Crippen LogP contribution in [0.5, 0.6) is 0 Å². The monoisotopic (exact) mass is 1200 g/mol. The summed E-state index contributed by atoms with van der Waals surface area (Å²) in [5.41, 5.74) is 8.47. The van der Waals surface area contributed by atoms with E-state index in [9.17, 15) is 19.2 Å². The van der Waals surface area contributed by atoms with Gasteiger partial charge in [-0.2, -0.15) is 25.5 Å². The van der Waals surface area contributed by atoms with E-state index in [0.717, 1.165) is 57.6 Å². The quantitative estimate of drug-likeness (QED) is 0.0672. The fourth-order valence-electron chi connectivity index (χ4n) is 6.88. The Hall–Kier alpha value is -7.26. The van der Waals surface area contributed by atoms with Crippen LogP contribution < -0.4 is 34.8 Å². The number of nitrogens with one attached hydrogen (secondary N) is 3. The average molecular weight is 1210 g/mol. The summed E-state index contributed by atoms with van der Waals surface area (Å²) in [4.78, 5) is 57.7. The molecule has 0 atom stereocenters. The van der Waals surface area contributed by atoms with E-state index < -0.39 is 0 Å². The van der Waals surface area contributed by atoms with Crippen LogP contribution >= 0.6 is 46.4 Å². The van der Waals surface area contributed by atoms with Crippen molar-refractivity contribution in [2.45, 2.75) is 48.0 Å². The second-order valence-electron chi connectivity index (χ2n) is 16.7. The predicted molar refractivity (Wildman–Crippen MR) is 296 cm³/mol. The Morgan fingerprint density at radius 1 is 0.600 bits per heavy atom. The molecular formula is C51H49Cl4LiN18O5Zn-2. The molecule has 0 saturated heterocycles. The molecule has 3 aromatic carbocycles. The number of amides is 1. The first-order valence-corrected chi connectivity index (χ1v) is 24.2. The van der Waals surface area contributed by atoms with Crippen molar-refractivity contribution in [1.29, 1.82) is 0 Å². The summed E-state index contributed by atoms with van der Waals surface area (Å²) in [6.45, 7) is 7.34. The van der Waals surface area contributed by atoms with E-state index in [1.807, 2.05) is 89.5 Å². The summed E-state index contributed by atoms with van der Waals surface area (Å²) in [5.74, 6) is 2.02. The number of halogens is 4. The molecule has 0 bridgehead atoms. The summed E-state index contributed by atoms with van der Waals surface area (Å²) in [6.07, 6.45) is 10.0. The number of hydrogen-bond donors (Lipinski definition) is 3. The molecule has 29 heteroatoms. The fraction of sp³-hybridized carbons (Fsp3) is 0.216. The van der Waals surface area contributed by atoms with Gasteiger partial charge in [0.05, 0.1) is 5.69 Å². The molecule has 9 aromatic rings. The third kappa shape index (κ3) is 17.9. The zero-order valence-electron chi connectivity index (χ0n) is 43.7. The first kappa shape index (κ1) is 67.0. The summed E-state index contributed by atoms with van der Waals surface area (Å²) in [7, 11) is 5.47. The van der Waals surface area contributed by atoms with E-state index in [1.54, 1.807) is 58.5 Å². The van der Waals surface area contributed by atoms with Gasteiger partial charge in [0.1, 0.15) is 30.0 Å². The van der Waals surface area contributed by atoms with Gasteiger partial charge in [0.2, 0.25) is 5.91 Å². The minimum Gasteiger partial charge on any atom is -0.870 e. The van der Waals surface area contributed by atoms with Crippen LogP contribution in [0, 0.1) is 26.7 Å². The first-order chi connectivity index (χ1) is 36.4. The molecule has 0 radical (unpaired) electrons. The van der Waals surface area contributed by atoms with Crippen LogP contribution in [0.1, 0.15) is 65.8 Å². The number of nitrogens with zero attached hydrogens (tertiary/aromatic N) is 15. The van der Waals surface area contributed by atoms with E-state index in [2.05, 4.69) is 76.8 Å². The standard InChI is InChI=1S/C19H18N7O2.C16H15ClN6O.C10H10ClN3.C5HCl2N2O.CH4.Li.H2O.Zn/c1-11-13(18-20-10-26(2)25-18)4-3-5-14(11)21-15-8-17(24-23-16(15)9-27)22-19(28)12-6-7-12;1-9-11(16-18-8-23(3)22-16)5-4-6-12(9)19-13-7-14(17)20-21-15(13)10(2)24;1-7-3-4-8(11)5-9(7)10-12-6-14(2)13-10;6-3-1-5(7)9-8-4(3)2-10;;;;/h3-5,8,10,12H,6-7H2,1-2H3,(H2,21,22,24,28);4-8H,1-3H3,(H,19,20);3-6H,1-2H3;1H;1H4;;1H2;/q-1;;;-1;;+1;;/p-1. The van der Waals surface area contributed by atoms with E-state index in [4.69, 9.17) is 46.4 Å². The second-order valence-corrected chi connectivity index (χ2v) is 18.3. The Balaban J connectivity index is 0.000000293. The summed E-state index contributed by atoms with van der Waals surface area (Å²) >= 11 is 22.7. The number of Topliss-reactive ketones (excluding diaryl/α,β-unsaturated/α-hetero) is 1. The second kappa shape index (κ2) is 30.9. The fourth-order valence-corrected chi connectivity index (χ4v) is 7.58. The maximum absolute atomic E-state index is 12.0. The number of anilines is 5. The number of rotatable bonds is 12. The predicted octanol–water partition coefficient (Wildman–Crippen LogP) is 6.46. The molecule has 406 valence electrons. The van der Waals surface area contributed by atoms with Crippen LogP contribution in [0.15, 0.2) is 91.8 Å². The van der Waals surface area contributed by atoms with E-state index in [1.165, 1.54) is 19.3 Å². The third-order valence-corrected chi connectivity index (χ3v) is 11.8. The van der Waals surface area contributed by atoms with E-state index in [-0.39, 0.29) is 101 Å². The number of hydrogen-bond acceptors (Lipinski definition) is 19. The van der Waals surface area contributed by atoms with Crippen molar-refractivity contribution < 1.29 is 63.0 Å². The van der Waals surface area contributed by atoms with Gasteiger partial charge in [-0.05, 0) is 86.0 Å². The SMILES string of the molecule is C.CC(=O)c1nnc(Cl)cc1Nc1cccc(-c2ncn(C)n2)c1C.Cc1c(Nc2cc(NC(=O)C3CC3)nnc2[C-]=O)cccc1-c1ncn(C)n1.Cc1ccc(Cl)cc1-c1ncn(C)n1.O=[C-]c1nnc(Cl)cc1Cl.[Li+].[OH-].[Zn]. The van der Waals surface area contributed by atoms with Crippen LogP contribution in [0.2, 0.25) is 20.4 Å². The molecule has 6 heterocycles. The molecule has 1 aliphatic carbocycles. The molecule has 10 rings (SSSR count). The molecule has 4 N–H and O–H groups in total. The van der Waals surface area contributed by atoms with Crippen LogP contribution in [0.3, 0.4) is 0 Å². The van der Waals surface area contributed by atoms with Crippen LogP contribution in [-0.4, -0.2) is 105 Å². The van der Waals surface area contributed by atoms with Gasteiger partial charge < -0.3 is 31.0 Å². The van der Waals surface area contributed by atoms with E-state index >= 15 is 0 Å². The maximum Gasteiger partial charge on any atom is 1.00 e. The number of aromatic nitrogens is 15. The van der Waals surface area contributed by atoms with Crippen molar-refractivity contribution in [2.75, 3.05) is 16.0 Å². The van der Waals surface area contributed by atoms with Gasteiger partial charge in [0, 0.05) is 105 Å². The van der Waals surface area contributed by atoms with Crippen LogP contribution in [0.4, 0.5) is 28.6 Å². The summed E-state index contributed by atoms with van der Waals surface area (Å²) in [6, 6.07) is 21.6. The number of carbonyl (C=O) groups excluding carboxylic acids is 4. The van der Waals surface area contributed by atoms with Gasteiger partial charge >= 0.3 is 18.9 Å². The topological polar surface area (TPSA) is 304 Å². The van der Waals surface area contributed by atoms with Gasteiger partial charge in [0.25, 0.3) is 0 Å². The molecule has 1 fully saturated rings. The van der Waals surface area contributed by atoms with Gasteiger partial charge in [-0.15, -0.1) is 20.4 Å². The molecule has 1 amide bonds. The first-order valence-electron chi connectivity index (χ1n) is 22.7. The van der Waals surface area contributed by atoms with Gasteiger partial charge in [0.15, 0.2) is 34.1 Å². The Labute approximate surface area is 504 Å². The Kier molecular flexibility index (Phi) is 25.9. The molecule has 0 spiro atoms. The van der Waals surface area contributed by atoms with Crippen molar-refractivity contribution >= 4 is 99.2 Å². The number of carbonyl (C=O) groups is 2. The average Bonchev–Trinajstić information content (AvgIpc) is 3.80. The van der Waals surface area contributed by atoms with Crippen molar-refractivity contribution in [3.05, 3.63) is 146 Å². The Morgan fingerprint density at radius 2 is 1.09 bits per heavy atom. The zero-order chi connectivity index (χ0) is 54.6. The third-order valence-electron chi connectivity index (χ3n) is 10.9. The Bertz CT molecular complexity index is 3600. The van der Waals surface area contributed by atoms with Crippen LogP contribution in [-0.2, 0) is 55.0 Å². The Morgan fingerprint density at radius 3 is 1.56 bits per heavy atom. The van der Waals surface area contributed by atoms with Gasteiger partial charge in [-0.3, -0.25) is 23.6 Å². The maximum atomic E-state index is 12.0. The molecule has 1 aliphatic rings. The number of benzene rings is 3. The van der Waals surface area contributed by atoms with Crippen molar-refractivity contribution in [2.24, 2.45) is 27.1 Å². The summed E-state index contributed by atoms with van der Waals surface area (Å²) < 4.78 is 4.96. The minimum absolute atomic E-state index is 0. The van der Waals surface area contributed by atoms with Crippen molar-refractivity contribution in [3.8, 4) is 34.2 Å². The van der Waals surface area contributed by atoms with Crippen molar-refractivity contribution in [3.63, 3.8) is 0 Å². The molecule has 0 aliphatic heterocycles. The normalized spacial score (nSPS) is 10.8. The molecule has 80 heavy (non-hydrogen) atoms. The molecular weight excluding hydrogens is 1160 g/mol. The number of aryl methyl sites for hydroxylation is 4. The minimum atomic E-state index is -0.193.